The second kappa shape index (κ2) is 5.25. The molecule has 0 saturated heterocycles. The van der Waals surface area contributed by atoms with Gasteiger partial charge in [0.1, 0.15) is 0 Å². The molecule has 0 radical (unpaired) electrons. The van der Waals surface area contributed by atoms with E-state index in [0.717, 1.165) is 19.4 Å². The van der Waals surface area contributed by atoms with Crippen LogP contribution >= 0.6 is 0 Å². The number of urea groups is 1. The highest BCUT2D eigenvalue weighted by Crippen LogP contribution is 2.48. The van der Waals surface area contributed by atoms with Crippen molar-refractivity contribution in [1.29, 1.82) is 0 Å². The zero-order valence-electron chi connectivity index (χ0n) is 10.7. The van der Waals surface area contributed by atoms with Crippen LogP contribution in [0.5, 0.6) is 0 Å². The molecular formula is C13H24N2O2. The molecule has 2 aliphatic carbocycles. The van der Waals surface area contributed by atoms with Crippen LogP contribution in [0.1, 0.15) is 45.4 Å². The van der Waals surface area contributed by atoms with E-state index >= 15 is 0 Å². The number of carbonyl (C=O) groups excluding carboxylic acids is 1. The van der Waals surface area contributed by atoms with Gasteiger partial charge < -0.3 is 15.3 Å². The molecule has 0 aromatic rings. The molecule has 2 fully saturated rings. The van der Waals surface area contributed by atoms with Crippen LogP contribution < -0.4 is 5.32 Å². The number of nitrogens with one attached hydrogen (secondary N) is 1. The number of aliphatic hydroxyl groups is 1. The van der Waals surface area contributed by atoms with Crippen LogP contribution in [0.3, 0.4) is 0 Å². The first-order chi connectivity index (χ1) is 8.21. The van der Waals surface area contributed by atoms with E-state index in [-0.39, 0.29) is 12.6 Å². The van der Waals surface area contributed by atoms with Crippen LogP contribution in [-0.4, -0.2) is 41.8 Å². The first-order valence-corrected chi connectivity index (χ1v) is 6.86. The molecule has 0 aromatic carbocycles. The van der Waals surface area contributed by atoms with Crippen molar-refractivity contribution in [1.82, 2.24) is 10.2 Å². The molecule has 0 aliphatic heterocycles. The topological polar surface area (TPSA) is 52.6 Å². The Hall–Kier alpha value is -0.770. The van der Waals surface area contributed by atoms with Crippen molar-refractivity contribution in [2.75, 3.05) is 19.7 Å². The van der Waals surface area contributed by atoms with E-state index in [9.17, 15) is 4.79 Å². The average molecular weight is 240 g/mol. The second-order valence-corrected chi connectivity index (χ2v) is 5.56. The Bertz CT molecular complexity index is 273. The summed E-state index contributed by atoms with van der Waals surface area (Å²) < 4.78 is 0. The summed E-state index contributed by atoms with van der Waals surface area (Å²) >= 11 is 0. The molecule has 2 amide bonds. The van der Waals surface area contributed by atoms with Gasteiger partial charge in [0.15, 0.2) is 0 Å². The molecule has 0 heterocycles. The van der Waals surface area contributed by atoms with Crippen LogP contribution in [0.2, 0.25) is 0 Å². The minimum absolute atomic E-state index is 0.0175. The van der Waals surface area contributed by atoms with Crippen molar-refractivity contribution in [3.8, 4) is 0 Å². The van der Waals surface area contributed by atoms with Gasteiger partial charge in [-0.2, -0.15) is 0 Å². The highest BCUT2D eigenvalue weighted by molar-refractivity contribution is 5.75. The molecule has 4 nitrogen and oxygen atoms in total. The maximum atomic E-state index is 12.0. The van der Waals surface area contributed by atoms with Gasteiger partial charge in [0, 0.05) is 19.1 Å². The number of hydrogen-bond donors (Lipinski definition) is 2. The largest absolute Gasteiger partial charge is 0.395 e. The van der Waals surface area contributed by atoms with E-state index in [1.807, 2.05) is 0 Å². The van der Waals surface area contributed by atoms with Crippen molar-refractivity contribution >= 4 is 6.03 Å². The summed E-state index contributed by atoms with van der Waals surface area (Å²) in [6.45, 7) is 3.54. The lowest BCUT2D eigenvalue weighted by molar-refractivity contribution is 0.171. The summed E-state index contributed by atoms with van der Waals surface area (Å²) in [7, 11) is 0. The van der Waals surface area contributed by atoms with Gasteiger partial charge in [-0.15, -0.1) is 0 Å². The van der Waals surface area contributed by atoms with Crippen molar-refractivity contribution < 1.29 is 9.90 Å². The number of hydrogen-bond acceptors (Lipinski definition) is 2. The zero-order chi connectivity index (χ0) is 12.3. The van der Waals surface area contributed by atoms with E-state index in [1.54, 1.807) is 4.90 Å². The molecule has 0 bridgehead atoms. The van der Waals surface area contributed by atoms with E-state index in [0.29, 0.717) is 18.0 Å². The highest BCUT2D eigenvalue weighted by Gasteiger charge is 2.42. The second-order valence-electron chi connectivity index (χ2n) is 5.56. The lowest BCUT2D eigenvalue weighted by Gasteiger charge is -2.23. The Balaban J connectivity index is 1.75. The summed E-state index contributed by atoms with van der Waals surface area (Å²) in [5.41, 5.74) is 0.402. The third kappa shape index (κ3) is 3.35. The molecular weight excluding hydrogens is 216 g/mol. The molecule has 4 heteroatoms. The quantitative estimate of drug-likeness (QED) is 0.712. The average Bonchev–Trinajstić information content (AvgIpc) is 3.18. The molecule has 17 heavy (non-hydrogen) atoms. The minimum atomic E-state index is 0.0175. The number of amides is 2. The SMILES string of the molecule is CCCC1(CNC(=O)N(CCO)C2CC2)CC1. The number of nitrogens with zero attached hydrogens (tertiary/aromatic N) is 1. The van der Waals surface area contributed by atoms with Gasteiger partial charge in [-0.25, -0.2) is 4.79 Å². The molecule has 2 N–H and O–H groups in total. The Morgan fingerprint density at radius 1 is 1.47 bits per heavy atom. The van der Waals surface area contributed by atoms with Crippen LogP contribution in [0.25, 0.3) is 0 Å². The fraction of sp³-hybridized carbons (Fsp3) is 0.923. The smallest absolute Gasteiger partial charge is 0.317 e. The normalized spacial score (nSPS) is 21.1. The van der Waals surface area contributed by atoms with Gasteiger partial charge in [-0.3, -0.25) is 0 Å². The van der Waals surface area contributed by atoms with Crippen molar-refractivity contribution in [3.63, 3.8) is 0 Å². The number of aliphatic hydroxyl groups excluding tert-OH is 1. The maximum absolute atomic E-state index is 12.0. The number of rotatable bonds is 7. The highest BCUT2D eigenvalue weighted by atomic mass is 16.3. The molecule has 98 valence electrons. The summed E-state index contributed by atoms with van der Waals surface area (Å²) in [4.78, 5) is 13.8. The monoisotopic (exact) mass is 240 g/mol. The fourth-order valence-electron chi connectivity index (χ4n) is 2.53. The first-order valence-electron chi connectivity index (χ1n) is 6.86. The Morgan fingerprint density at radius 2 is 2.18 bits per heavy atom. The third-order valence-electron chi connectivity index (χ3n) is 3.94. The molecule has 0 unspecified atom stereocenters. The van der Waals surface area contributed by atoms with Gasteiger partial charge in [0.05, 0.1) is 6.61 Å². The van der Waals surface area contributed by atoms with Gasteiger partial charge in [0.2, 0.25) is 0 Å². The Morgan fingerprint density at radius 3 is 2.65 bits per heavy atom. The molecule has 2 rings (SSSR count). The van der Waals surface area contributed by atoms with Crippen molar-refractivity contribution in [3.05, 3.63) is 0 Å². The molecule has 2 aliphatic rings. The Kier molecular flexibility index (Phi) is 3.92. The molecule has 2 saturated carbocycles. The van der Waals surface area contributed by atoms with Gasteiger partial charge in [0.25, 0.3) is 0 Å². The predicted molar refractivity (Wildman–Crippen MR) is 66.8 cm³/mol. The van der Waals surface area contributed by atoms with Crippen LogP contribution in [0, 0.1) is 5.41 Å². The standard InChI is InChI=1S/C13H24N2O2/c1-2-5-13(6-7-13)10-14-12(17)15(8-9-16)11-3-4-11/h11,16H,2-10H2,1H3,(H,14,17). The Labute approximate surface area is 103 Å². The van der Waals surface area contributed by atoms with Gasteiger partial charge >= 0.3 is 6.03 Å². The number of carbonyl (C=O) groups is 1. The summed E-state index contributed by atoms with van der Waals surface area (Å²) in [6, 6.07) is 0.396. The van der Waals surface area contributed by atoms with Gasteiger partial charge in [-0.05, 0) is 37.5 Å². The van der Waals surface area contributed by atoms with E-state index < -0.39 is 0 Å². The molecule has 0 spiro atoms. The van der Waals surface area contributed by atoms with Crippen LogP contribution in [0.4, 0.5) is 4.79 Å². The fourth-order valence-corrected chi connectivity index (χ4v) is 2.53. The van der Waals surface area contributed by atoms with Crippen molar-refractivity contribution in [2.45, 2.75) is 51.5 Å². The third-order valence-corrected chi connectivity index (χ3v) is 3.94. The van der Waals surface area contributed by atoms with Crippen molar-refractivity contribution in [2.24, 2.45) is 5.41 Å². The van der Waals surface area contributed by atoms with Gasteiger partial charge in [-0.1, -0.05) is 13.3 Å². The van der Waals surface area contributed by atoms with Crippen LogP contribution in [-0.2, 0) is 0 Å². The minimum Gasteiger partial charge on any atom is -0.395 e. The van der Waals surface area contributed by atoms with E-state index in [1.165, 1.54) is 25.7 Å². The summed E-state index contributed by atoms with van der Waals surface area (Å²) in [5, 5.41) is 12.0. The maximum Gasteiger partial charge on any atom is 0.317 e. The first kappa shape index (κ1) is 12.7. The van der Waals surface area contributed by atoms with E-state index in [2.05, 4.69) is 12.2 Å². The lowest BCUT2D eigenvalue weighted by atomic mass is 10.0. The zero-order valence-corrected chi connectivity index (χ0v) is 10.7. The summed E-state index contributed by atoms with van der Waals surface area (Å²) in [5.74, 6) is 0. The lowest BCUT2D eigenvalue weighted by Crippen LogP contribution is -2.44. The van der Waals surface area contributed by atoms with E-state index in [4.69, 9.17) is 5.11 Å². The molecule has 0 aromatic heterocycles. The summed E-state index contributed by atoms with van der Waals surface area (Å²) in [6.07, 6.45) is 7.10. The predicted octanol–water partition coefficient (Wildman–Crippen LogP) is 1.73. The van der Waals surface area contributed by atoms with Crippen LogP contribution in [0.15, 0.2) is 0 Å². The molecule has 0 atom stereocenters.